The summed E-state index contributed by atoms with van der Waals surface area (Å²) in [5.74, 6) is 0.675. The molecule has 0 fully saturated rings. The van der Waals surface area contributed by atoms with E-state index in [2.05, 4.69) is 46.1 Å². The van der Waals surface area contributed by atoms with Crippen molar-refractivity contribution >= 4 is 117 Å². The molecule has 3 nitrogen and oxygen atoms in total. The van der Waals surface area contributed by atoms with Crippen molar-refractivity contribution in [3.8, 4) is 0 Å². The SMILES string of the molecule is CSc1sc(Br)c2c1C(=O)CCC2.CSc1scc2c1C(=O)CCC2.ClCCl.[B]=NS. The van der Waals surface area contributed by atoms with E-state index in [0.29, 0.717) is 11.6 Å². The van der Waals surface area contributed by atoms with Gasteiger partial charge >= 0.3 is 24.8 Å². The van der Waals surface area contributed by atoms with Crippen LogP contribution in [0.4, 0.5) is 0 Å². The van der Waals surface area contributed by atoms with Crippen molar-refractivity contribution in [2.75, 3.05) is 17.9 Å². The molecule has 2 heterocycles. The first-order chi connectivity index (χ1) is 14.9. The van der Waals surface area contributed by atoms with Crippen molar-refractivity contribution in [1.82, 2.24) is 0 Å². The first-order valence-corrected chi connectivity index (χ1v) is 15.5. The van der Waals surface area contributed by atoms with E-state index in [0.717, 1.165) is 53.4 Å². The van der Waals surface area contributed by atoms with E-state index < -0.39 is 0 Å². The summed E-state index contributed by atoms with van der Waals surface area (Å²) in [7, 11) is 4.34. The number of alkyl halides is 2. The molecular formula is C19H22BBrCl2NO2S5. The van der Waals surface area contributed by atoms with E-state index in [1.165, 1.54) is 19.5 Å². The van der Waals surface area contributed by atoms with Gasteiger partial charge in [0.2, 0.25) is 0 Å². The number of halogens is 3. The number of carbonyl (C=O) groups is 2. The van der Waals surface area contributed by atoms with Crippen LogP contribution in [-0.4, -0.2) is 37.1 Å². The van der Waals surface area contributed by atoms with Crippen molar-refractivity contribution in [2.24, 2.45) is 4.30 Å². The Labute approximate surface area is 225 Å². The molecule has 2 aromatic rings. The van der Waals surface area contributed by atoms with Crippen molar-refractivity contribution in [1.29, 1.82) is 0 Å². The van der Waals surface area contributed by atoms with Crippen LogP contribution in [0.2, 0.25) is 0 Å². The molecule has 4 rings (SSSR count). The van der Waals surface area contributed by atoms with Crippen LogP contribution in [-0.2, 0) is 12.8 Å². The fourth-order valence-corrected chi connectivity index (χ4v) is 8.06. The van der Waals surface area contributed by atoms with Crippen LogP contribution in [0.5, 0.6) is 0 Å². The molecule has 12 heteroatoms. The van der Waals surface area contributed by atoms with Crippen LogP contribution in [0.3, 0.4) is 0 Å². The van der Waals surface area contributed by atoms with Crippen molar-refractivity contribution in [3.63, 3.8) is 0 Å². The Hall–Kier alpha value is 0.715. The van der Waals surface area contributed by atoms with Crippen molar-refractivity contribution in [2.45, 2.75) is 46.9 Å². The minimum atomic E-state index is 0.194. The number of hydrogen-bond acceptors (Lipinski definition) is 8. The number of ketones is 2. The molecule has 0 saturated heterocycles. The molecule has 0 atom stereocenters. The average Bonchev–Trinajstić information content (AvgIpc) is 3.32. The van der Waals surface area contributed by atoms with Crippen LogP contribution >= 0.6 is 98.1 Å². The Balaban J connectivity index is 0.000000249. The zero-order chi connectivity index (χ0) is 23.4. The van der Waals surface area contributed by atoms with Gasteiger partial charge in [0, 0.05) is 24.0 Å². The Morgan fingerprint density at radius 3 is 2.13 bits per heavy atom. The first kappa shape index (κ1) is 29.7. The number of thiol groups is 1. The molecule has 0 bridgehead atoms. The maximum atomic E-state index is 11.7. The molecule has 0 unspecified atom stereocenters. The minimum absolute atomic E-state index is 0.194. The quantitative estimate of drug-likeness (QED) is 0.159. The predicted molar refractivity (Wildman–Crippen MR) is 148 cm³/mol. The van der Waals surface area contributed by atoms with Gasteiger partial charge in [0.25, 0.3) is 0 Å². The van der Waals surface area contributed by atoms with Gasteiger partial charge in [0.1, 0.15) is 0 Å². The summed E-state index contributed by atoms with van der Waals surface area (Å²) in [6.07, 6.45) is 9.73. The monoisotopic (exact) mass is 616 g/mol. The maximum absolute atomic E-state index is 11.7. The number of rotatable bonds is 2. The summed E-state index contributed by atoms with van der Waals surface area (Å²) in [6.45, 7) is 0. The molecule has 0 aromatic carbocycles. The fourth-order valence-electron chi connectivity index (χ4n) is 3.18. The summed E-state index contributed by atoms with van der Waals surface area (Å²) >= 11 is 23.0. The third-order valence-electron chi connectivity index (χ3n) is 4.37. The van der Waals surface area contributed by atoms with E-state index in [1.807, 2.05) is 12.5 Å². The molecule has 0 spiro atoms. The van der Waals surface area contributed by atoms with Gasteiger partial charge in [-0.15, -0.1) is 69.4 Å². The molecular weight excluding hydrogens is 596 g/mol. The summed E-state index contributed by atoms with van der Waals surface area (Å²) in [5.41, 5.74) is 4.54. The Kier molecular flexibility index (Phi) is 15.7. The first-order valence-electron chi connectivity index (χ1n) is 9.12. The molecule has 2 aliphatic rings. The summed E-state index contributed by atoms with van der Waals surface area (Å²) < 4.78 is 6.22. The third kappa shape index (κ3) is 8.78. The second-order valence-electron chi connectivity index (χ2n) is 6.12. The number of nitrogens with zero attached hydrogens (tertiary/aromatic N) is 1. The van der Waals surface area contributed by atoms with Gasteiger partial charge in [-0.25, -0.2) is 0 Å². The number of fused-ring (bicyclic) bond motifs is 2. The normalized spacial score (nSPS) is 14.0. The van der Waals surface area contributed by atoms with E-state index in [1.54, 1.807) is 46.2 Å². The van der Waals surface area contributed by atoms with E-state index in [4.69, 9.17) is 23.2 Å². The van der Waals surface area contributed by atoms with E-state index >= 15 is 0 Å². The van der Waals surface area contributed by atoms with Gasteiger partial charge in [-0.1, -0.05) is 0 Å². The second-order valence-corrected chi connectivity index (χ2v) is 12.5. The van der Waals surface area contributed by atoms with Gasteiger partial charge in [0.15, 0.2) is 11.6 Å². The van der Waals surface area contributed by atoms with Crippen LogP contribution in [0, 0.1) is 0 Å². The molecule has 0 amide bonds. The van der Waals surface area contributed by atoms with Gasteiger partial charge in [-0.2, -0.15) is 0 Å². The van der Waals surface area contributed by atoms with Gasteiger partial charge < -0.3 is 0 Å². The zero-order valence-corrected chi connectivity index (χ0v) is 24.3. The molecule has 2 aliphatic carbocycles. The average molecular weight is 618 g/mol. The summed E-state index contributed by atoms with van der Waals surface area (Å²) in [5, 5.41) is 2.33. The summed E-state index contributed by atoms with van der Waals surface area (Å²) in [4.78, 5) is 23.2. The summed E-state index contributed by atoms with van der Waals surface area (Å²) in [6, 6.07) is 0. The number of thioether (sulfide) groups is 2. The molecule has 1 radical (unpaired) electrons. The molecule has 0 aliphatic heterocycles. The standard InChI is InChI=1S/C9H9BrOS2.C9H10OS2.CH2Cl2.BHNS/c1-12-9-7-5(8(10)13-9)3-2-4-6(7)11;1-11-9-8-6(5-12-9)3-2-4-7(8)10;2-1-3;1-2-3/h2-4H2,1H3;5H,2-4H2,1H3;1H2;3H. The molecule has 0 N–H and O–H groups in total. The molecule has 31 heavy (non-hydrogen) atoms. The Morgan fingerprint density at radius 1 is 1.06 bits per heavy atom. The van der Waals surface area contributed by atoms with Gasteiger partial charge in [-0.05, 0) is 70.6 Å². The van der Waals surface area contributed by atoms with Gasteiger partial charge in [0.05, 0.1) is 17.5 Å². The van der Waals surface area contributed by atoms with Gasteiger partial charge in [-0.3, -0.25) is 9.59 Å². The predicted octanol–water partition coefficient (Wildman–Crippen LogP) is 8.35. The Morgan fingerprint density at radius 2 is 1.58 bits per heavy atom. The Bertz CT molecular complexity index is 878. The molecule has 0 saturated carbocycles. The number of aryl methyl sites for hydroxylation is 1. The van der Waals surface area contributed by atoms with E-state index in [9.17, 15) is 9.59 Å². The van der Waals surface area contributed by atoms with E-state index in [-0.39, 0.29) is 5.34 Å². The van der Waals surface area contributed by atoms with Crippen molar-refractivity contribution < 1.29 is 9.59 Å². The second kappa shape index (κ2) is 16.4. The number of carbonyl (C=O) groups excluding carboxylic acids is 2. The third-order valence-corrected chi connectivity index (χ3v) is 9.66. The number of thiophene rings is 2. The van der Waals surface area contributed by atoms with Crippen LogP contribution in [0.15, 0.2) is 21.9 Å². The molecule has 169 valence electrons. The van der Waals surface area contributed by atoms with Crippen LogP contribution in [0.25, 0.3) is 0 Å². The van der Waals surface area contributed by atoms with Crippen molar-refractivity contribution in [3.05, 3.63) is 31.4 Å². The number of Topliss-reactive ketones (excluding diaryl/α,β-unsaturated/α-hetero) is 2. The van der Waals surface area contributed by atoms with Crippen LogP contribution < -0.4 is 0 Å². The molecule has 2 aromatic heterocycles. The number of hydrogen-bond donors (Lipinski definition) is 1. The topological polar surface area (TPSA) is 46.5 Å². The van der Waals surface area contributed by atoms with Crippen LogP contribution in [0.1, 0.15) is 57.5 Å². The fraction of sp³-hybridized carbons (Fsp3) is 0.474. The zero-order valence-electron chi connectivity index (χ0n) is 17.1.